The number of aliphatic carboxylic acids is 1. The third-order valence-corrected chi connectivity index (χ3v) is 1.75. The first-order valence-corrected chi connectivity index (χ1v) is 3.55. The number of nitrogens with one attached hydrogen (secondary N) is 1. The molecule has 0 aromatic rings. The first-order chi connectivity index (χ1) is 4.56. The van der Waals surface area contributed by atoms with E-state index >= 15 is 0 Å². The van der Waals surface area contributed by atoms with Crippen molar-refractivity contribution in [1.82, 2.24) is 5.32 Å². The average molecular weight is 145 g/mol. The molecule has 3 heteroatoms. The molecule has 0 heterocycles. The normalized spacial score (nSPS) is 16.3. The Hall–Kier alpha value is -0.570. The van der Waals surface area contributed by atoms with E-state index in [-0.39, 0.29) is 0 Å². The molecule has 0 radical (unpaired) electrons. The van der Waals surface area contributed by atoms with E-state index < -0.39 is 11.5 Å². The van der Waals surface area contributed by atoms with E-state index in [0.29, 0.717) is 13.0 Å². The summed E-state index contributed by atoms with van der Waals surface area (Å²) in [5.41, 5.74) is -0.741. The van der Waals surface area contributed by atoms with Crippen LogP contribution in [0.4, 0.5) is 0 Å². The lowest BCUT2D eigenvalue weighted by Gasteiger charge is -2.23. The molecular weight excluding hydrogens is 130 g/mol. The zero-order chi connectivity index (χ0) is 8.20. The first-order valence-electron chi connectivity index (χ1n) is 3.55. The highest BCUT2D eigenvalue weighted by molar-refractivity contribution is 5.78. The monoisotopic (exact) mass is 145 g/mol. The van der Waals surface area contributed by atoms with Gasteiger partial charge in [0, 0.05) is 0 Å². The molecule has 0 aromatic heterocycles. The molecule has 1 atom stereocenters. The number of hydrogen-bond donors (Lipinski definition) is 2. The molecule has 0 aliphatic carbocycles. The highest BCUT2D eigenvalue weighted by atomic mass is 16.4. The van der Waals surface area contributed by atoms with Gasteiger partial charge in [-0.1, -0.05) is 13.8 Å². The average Bonchev–Trinajstić information content (AvgIpc) is 1.88. The van der Waals surface area contributed by atoms with Crippen LogP contribution in [0.3, 0.4) is 0 Å². The van der Waals surface area contributed by atoms with Gasteiger partial charge in [0.25, 0.3) is 0 Å². The summed E-state index contributed by atoms with van der Waals surface area (Å²) in [4.78, 5) is 10.6. The van der Waals surface area contributed by atoms with Gasteiger partial charge in [0.15, 0.2) is 0 Å². The van der Waals surface area contributed by atoms with E-state index in [4.69, 9.17) is 5.11 Å². The van der Waals surface area contributed by atoms with Crippen LogP contribution in [0.5, 0.6) is 0 Å². The molecule has 0 saturated heterocycles. The zero-order valence-electron chi connectivity index (χ0n) is 6.77. The Morgan fingerprint density at radius 2 is 2.10 bits per heavy atom. The van der Waals surface area contributed by atoms with Gasteiger partial charge in [0.1, 0.15) is 5.54 Å². The fourth-order valence-corrected chi connectivity index (χ4v) is 0.742. The minimum atomic E-state index is -0.781. The topological polar surface area (TPSA) is 49.3 Å². The second-order valence-corrected chi connectivity index (χ2v) is 2.52. The zero-order valence-corrected chi connectivity index (χ0v) is 6.77. The fraction of sp³-hybridized carbons (Fsp3) is 0.857. The van der Waals surface area contributed by atoms with Crippen LogP contribution in [-0.4, -0.2) is 23.2 Å². The predicted molar refractivity (Wildman–Crippen MR) is 40.0 cm³/mol. The van der Waals surface area contributed by atoms with Crippen molar-refractivity contribution in [2.45, 2.75) is 32.7 Å². The van der Waals surface area contributed by atoms with Crippen molar-refractivity contribution in [3.8, 4) is 0 Å². The summed E-state index contributed by atoms with van der Waals surface area (Å²) in [6.45, 7) is 6.14. The molecule has 0 aromatic carbocycles. The second kappa shape index (κ2) is 3.56. The fourth-order valence-electron chi connectivity index (χ4n) is 0.742. The number of carboxylic acid groups (broad SMARTS) is 1. The van der Waals surface area contributed by atoms with Gasteiger partial charge < -0.3 is 10.4 Å². The largest absolute Gasteiger partial charge is 0.480 e. The quantitative estimate of drug-likeness (QED) is 0.616. The summed E-state index contributed by atoms with van der Waals surface area (Å²) in [6.07, 6.45) is 0.607. The molecule has 0 rings (SSSR count). The third-order valence-electron chi connectivity index (χ3n) is 1.75. The third kappa shape index (κ3) is 1.99. The van der Waals surface area contributed by atoms with Gasteiger partial charge in [-0.15, -0.1) is 0 Å². The Morgan fingerprint density at radius 3 is 2.20 bits per heavy atom. The number of likely N-dealkylation sites (N-methyl/N-ethyl adjacent to an activating group) is 1. The summed E-state index contributed by atoms with van der Waals surface area (Å²) in [7, 11) is 0. The molecule has 0 amide bonds. The van der Waals surface area contributed by atoms with Gasteiger partial charge in [-0.3, -0.25) is 4.79 Å². The first kappa shape index (κ1) is 9.43. The van der Waals surface area contributed by atoms with Gasteiger partial charge in [-0.05, 0) is 19.9 Å². The Bertz CT molecular complexity index is 125. The Kier molecular flexibility index (Phi) is 3.36. The van der Waals surface area contributed by atoms with Crippen LogP contribution in [0.1, 0.15) is 27.2 Å². The van der Waals surface area contributed by atoms with E-state index in [1.54, 1.807) is 6.92 Å². The molecule has 1 unspecified atom stereocenters. The molecule has 2 N–H and O–H groups in total. The molecule has 3 nitrogen and oxygen atoms in total. The van der Waals surface area contributed by atoms with Gasteiger partial charge in [0.05, 0.1) is 0 Å². The van der Waals surface area contributed by atoms with Crippen LogP contribution in [-0.2, 0) is 4.79 Å². The van der Waals surface area contributed by atoms with E-state index in [1.165, 1.54) is 0 Å². The summed E-state index contributed by atoms with van der Waals surface area (Å²) in [5.74, 6) is -0.781. The van der Waals surface area contributed by atoms with Crippen LogP contribution in [0, 0.1) is 0 Å². The molecule has 10 heavy (non-hydrogen) atoms. The van der Waals surface area contributed by atoms with E-state index in [1.807, 2.05) is 13.8 Å². The molecule has 0 aliphatic rings. The van der Waals surface area contributed by atoms with Crippen molar-refractivity contribution in [2.75, 3.05) is 6.54 Å². The SMILES string of the molecule is CCNC(C)(CC)C(=O)O. The van der Waals surface area contributed by atoms with Gasteiger partial charge in [-0.25, -0.2) is 0 Å². The summed E-state index contributed by atoms with van der Waals surface area (Å²) in [6, 6.07) is 0. The summed E-state index contributed by atoms with van der Waals surface area (Å²) in [5, 5.41) is 11.6. The highest BCUT2D eigenvalue weighted by Gasteiger charge is 2.28. The lowest BCUT2D eigenvalue weighted by molar-refractivity contribution is -0.144. The van der Waals surface area contributed by atoms with Crippen molar-refractivity contribution >= 4 is 5.97 Å². The van der Waals surface area contributed by atoms with Crippen molar-refractivity contribution in [1.29, 1.82) is 0 Å². The molecule has 0 aliphatic heterocycles. The molecule has 0 fully saturated rings. The molecular formula is C7H15NO2. The number of carboxylic acids is 1. The van der Waals surface area contributed by atoms with Crippen molar-refractivity contribution in [3.05, 3.63) is 0 Å². The smallest absolute Gasteiger partial charge is 0.323 e. The van der Waals surface area contributed by atoms with E-state index in [2.05, 4.69) is 5.32 Å². The Balaban J connectivity index is 4.08. The van der Waals surface area contributed by atoms with Crippen LogP contribution in [0.25, 0.3) is 0 Å². The molecule has 0 spiro atoms. The second-order valence-electron chi connectivity index (χ2n) is 2.52. The lowest BCUT2D eigenvalue weighted by atomic mass is 10.00. The standard InChI is InChI=1S/C7H15NO2/c1-4-7(3,6(9)10)8-5-2/h8H,4-5H2,1-3H3,(H,9,10). The minimum Gasteiger partial charge on any atom is -0.480 e. The maximum Gasteiger partial charge on any atom is 0.323 e. The maximum atomic E-state index is 10.6. The minimum absolute atomic E-state index is 0.607. The van der Waals surface area contributed by atoms with E-state index in [0.717, 1.165) is 0 Å². The summed E-state index contributed by atoms with van der Waals surface area (Å²) < 4.78 is 0. The highest BCUT2D eigenvalue weighted by Crippen LogP contribution is 2.07. The van der Waals surface area contributed by atoms with Gasteiger partial charge >= 0.3 is 5.97 Å². The number of carbonyl (C=O) groups is 1. The summed E-state index contributed by atoms with van der Waals surface area (Å²) >= 11 is 0. The Morgan fingerprint density at radius 1 is 1.60 bits per heavy atom. The number of rotatable bonds is 4. The van der Waals surface area contributed by atoms with Gasteiger partial charge in [-0.2, -0.15) is 0 Å². The predicted octanol–water partition coefficient (Wildman–Crippen LogP) is 0.849. The lowest BCUT2D eigenvalue weighted by Crippen LogP contribution is -2.48. The Labute approximate surface area is 61.4 Å². The van der Waals surface area contributed by atoms with Crippen molar-refractivity contribution < 1.29 is 9.90 Å². The van der Waals surface area contributed by atoms with Crippen molar-refractivity contribution in [2.24, 2.45) is 0 Å². The van der Waals surface area contributed by atoms with Crippen LogP contribution in [0.2, 0.25) is 0 Å². The van der Waals surface area contributed by atoms with Gasteiger partial charge in [0.2, 0.25) is 0 Å². The molecule has 60 valence electrons. The number of hydrogen-bond acceptors (Lipinski definition) is 2. The van der Waals surface area contributed by atoms with Crippen LogP contribution >= 0.6 is 0 Å². The van der Waals surface area contributed by atoms with Crippen LogP contribution < -0.4 is 5.32 Å². The van der Waals surface area contributed by atoms with Crippen LogP contribution in [0.15, 0.2) is 0 Å². The molecule has 0 saturated carbocycles. The maximum absolute atomic E-state index is 10.6. The molecule has 0 bridgehead atoms. The van der Waals surface area contributed by atoms with E-state index in [9.17, 15) is 4.79 Å². The van der Waals surface area contributed by atoms with Crippen molar-refractivity contribution in [3.63, 3.8) is 0 Å².